The summed E-state index contributed by atoms with van der Waals surface area (Å²) in [6.07, 6.45) is -2.35. The maximum Gasteiger partial charge on any atom is 0.416 e. The molecular weight excluding hydrogens is 355 g/mol. The molecule has 25 heavy (non-hydrogen) atoms. The molecule has 0 atom stereocenters. The molecule has 0 unspecified atom stereocenters. The molecule has 9 heteroatoms. The summed E-state index contributed by atoms with van der Waals surface area (Å²) in [6.45, 7) is 1.68. The minimum atomic E-state index is -4.35. The van der Waals surface area contributed by atoms with E-state index >= 15 is 0 Å². The minimum Gasteiger partial charge on any atom is -0.361 e. The van der Waals surface area contributed by atoms with Gasteiger partial charge in [0.25, 0.3) is 5.91 Å². The van der Waals surface area contributed by atoms with Crippen LogP contribution < -0.4 is 5.32 Å². The molecular formula is C16H12F3N3O2S. The summed E-state index contributed by atoms with van der Waals surface area (Å²) in [5, 5.41) is 6.60. The van der Waals surface area contributed by atoms with Crippen molar-refractivity contribution in [1.29, 1.82) is 0 Å². The first-order chi connectivity index (χ1) is 11.8. The Morgan fingerprint density at radius 2 is 2.00 bits per heavy atom. The molecule has 1 N–H and O–H groups in total. The number of carbonyl (C=O) groups excluding carboxylic acids is 1. The van der Waals surface area contributed by atoms with Gasteiger partial charge in [0.05, 0.1) is 5.56 Å². The Morgan fingerprint density at radius 1 is 1.28 bits per heavy atom. The maximum atomic E-state index is 12.6. The molecule has 0 aliphatic carbocycles. The molecule has 1 aromatic carbocycles. The average Bonchev–Trinajstić information content (AvgIpc) is 3.16. The topological polar surface area (TPSA) is 68.0 Å². The number of aromatic nitrogens is 2. The molecule has 3 aromatic rings. The molecule has 2 heterocycles. The largest absolute Gasteiger partial charge is 0.416 e. The average molecular weight is 367 g/mol. The van der Waals surface area contributed by atoms with E-state index in [4.69, 9.17) is 4.52 Å². The van der Waals surface area contributed by atoms with Crippen LogP contribution in [0.4, 0.5) is 18.3 Å². The van der Waals surface area contributed by atoms with Gasteiger partial charge in [-0.05, 0) is 24.6 Å². The standard InChI is InChI=1S/C16H12F3N3O2S/c1-9-6-13(22-24-9)14(23)21-15-20-8-12(25-15)7-10-2-4-11(5-3-10)16(17,18)19/h2-6,8H,7H2,1H3,(H,20,21,23). The van der Waals surface area contributed by atoms with Crippen LogP contribution in [0, 0.1) is 6.92 Å². The fourth-order valence-corrected chi connectivity index (χ4v) is 2.94. The highest BCUT2D eigenvalue weighted by atomic mass is 32.1. The number of nitrogens with one attached hydrogen (secondary N) is 1. The number of nitrogens with zero attached hydrogens (tertiary/aromatic N) is 2. The van der Waals surface area contributed by atoms with Crippen molar-refractivity contribution in [3.8, 4) is 0 Å². The Labute approximate surface area is 144 Å². The van der Waals surface area contributed by atoms with Crippen LogP contribution >= 0.6 is 11.3 Å². The number of benzene rings is 1. The third-order valence-corrected chi connectivity index (χ3v) is 4.21. The van der Waals surface area contributed by atoms with Crippen molar-refractivity contribution in [2.24, 2.45) is 0 Å². The molecule has 0 saturated heterocycles. The smallest absolute Gasteiger partial charge is 0.361 e. The summed E-state index contributed by atoms with van der Waals surface area (Å²) in [5.74, 6) is 0.0829. The molecule has 5 nitrogen and oxygen atoms in total. The van der Waals surface area contributed by atoms with Gasteiger partial charge in [-0.2, -0.15) is 13.2 Å². The lowest BCUT2D eigenvalue weighted by Crippen LogP contribution is -2.11. The van der Waals surface area contributed by atoms with E-state index < -0.39 is 17.6 Å². The van der Waals surface area contributed by atoms with Crippen LogP contribution in [-0.2, 0) is 12.6 Å². The number of aryl methyl sites for hydroxylation is 1. The molecule has 130 valence electrons. The van der Waals surface area contributed by atoms with Crippen LogP contribution in [0.2, 0.25) is 0 Å². The number of thiazole rings is 1. The molecule has 0 spiro atoms. The van der Waals surface area contributed by atoms with Crippen LogP contribution in [0.1, 0.15) is 32.3 Å². The van der Waals surface area contributed by atoms with Gasteiger partial charge in [0.2, 0.25) is 0 Å². The molecule has 0 bridgehead atoms. The van der Waals surface area contributed by atoms with Crippen LogP contribution in [0.5, 0.6) is 0 Å². The third kappa shape index (κ3) is 4.24. The van der Waals surface area contributed by atoms with Gasteiger partial charge >= 0.3 is 6.18 Å². The third-order valence-electron chi connectivity index (χ3n) is 3.29. The lowest BCUT2D eigenvalue weighted by Gasteiger charge is -2.06. The minimum absolute atomic E-state index is 0.150. The fraction of sp³-hybridized carbons (Fsp3) is 0.188. The Kier molecular flexibility index (Phi) is 4.58. The first kappa shape index (κ1) is 17.2. The number of halogens is 3. The van der Waals surface area contributed by atoms with Gasteiger partial charge in [0, 0.05) is 23.6 Å². The zero-order chi connectivity index (χ0) is 18.0. The monoisotopic (exact) mass is 367 g/mol. The van der Waals surface area contributed by atoms with Crippen LogP contribution in [-0.4, -0.2) is 16.0 Å². The number of rotatable bonds is 4. The molecule has 3 rings (SSSR count). The predicted octanol–water partition coefficient (Wildman–Crippen LogP) is 4.30. The number of amides is 1. The first-order valence-electron chi connectivity index (χ1n) is 7.17. The quantitative estimate of drug-likeness (QED) is 0.746. The van der Waals surface area contributed by atoms with E-state index in [1.807, 2.05) is 0 Å². The van der Waals surface area contributed by atoms with E-state index in [0.717, 1.165) is 22.6 Å². The molecule has 1 amide bonds. The molecule has 0 aliphatic heterocycles. The van der Waals surface area contributed by atoms with Gasteiger partial charge in [-0.15, -0.1) is 11.3 Å². The van der Waals surface area contributed by atoms with Crippen molar-refractivity contribution in [3.63, 3.8) is 0 Å². The second-order valence-electron chi connectivity index (χ2n) is 5.28. The van der Waals surface area contributed by atoms with Gasteiger partial charge in [-0.25, -0.2) is 4.98 Å². The van der Waals surface area contributed by atoms with Gasteiger partial charge in [-0.3, -0.25) is 10.1 Å². The Hall–Kier alpha value is -2.68. The Morgan fingerprint density at radius 3 is 2.60 bits per heavy atom. The molecule has 2 aromatic heterocycles. The molecule has 0 aliphatic rings. The second kappa shape index (κ2) is 6.67. The number of hydrogen-bond donors (Lipinski definition) is 1. The van der Waals surface area contributed by atoms with E-state index in [2.05, 4.69) is 15.5 Å². The van der Waals surface area contributed by atoms with Gasteiger partial charge < -0.3 is 4.52 Å². The number of alkyl halides is 3. The lowest BCUT2D eigenvalue weighted by atomic mass is 10.1. The van der Waals surface area contributed by atoms with Crippen molar-refractivity contribution in [1.82, 2.24) is 10.1 Å². The summed E-state index contributed by atoms with van der Waals surface area (Å²) < 4.78 is 42.5. The molecule has 0 radical (unpaired) electrons. The van der Waals surface area contributed by atoms with E-state index in [0.29, 0.717) is 17.3 Å². The predicted molar refractivity (Wildman–Crippen MR) is 85.6 cm³/mol. The molecule has 0 fully saturated rings. The summed E-state index contributed by atoms with van der Waals surface area (Å²) in [7, 11) is 0. The van der Waals surface area contributed by atoms with E-state index in [-0.39, 0.29) is 5.69 Å². The number of carbonyl (C=O) groups is 1. The van der Waals surface area contributed by atoms with Gasteiger partial charge in [0.1, 0.15) is 5.76 Å². The second-order valence-corrected chi connectivity index (χ2v) is 6.40. The van der Waals surface area contributed by atoms with Crippen LogP contribution in [0.15, 0.2) is 41.1 Å². The van der Waals surface area contributed by atoms with Crippen molar-refractivity contribution in [3.05, 3.63) is 64.0 Å². The SMILES string of the molecule is Cc1cc(C(=O)Nc2ncc(Cc3ccc(C(F)(F)F)cc3)s2)no1. The zero-order valence-electron chi connectivity index (χ0n) is 12.9. The van der Waals surface area contributed by atoms with Crippen molar-refractivity contribution in [2.75, 3.05) is 5.32 Å². The highest BCUT2D eigenvalue weighted by Gasteiger charge is 2.29. The van der Waals surface area contributed by atoms with Crippen molar-refractivity contribution >= 4 is 22.4 Å². The summed E-state index contributed by atoms with van der Waals surface area (Å²) in [6, 6.07) is 6.46. The molecule has 0 saturated carbocycles. The van der Waals surface area contributed by atoms with Crippen molar-refractivity contribution in [2.45, 2.75) is 19.5 Å². The summed E-state index contributed by atoms with van der Waals surface area (Å²) in [4.78, 5) is 16.9. The van der Waals surface area contributed by atoms with E-state index in [9.17, 15) is 18.0 Å². The summed E-state index contributed by atoms with van der Waals surface area (Å²) >= 11 is 1.24. The van der Waals surface area contributed by atoms with Crippen LogP contribution in [0.3, 0.4) is 0 Å². The highest BCUT2D eigenvalue weighted by Crippen LogP contribution is 2.30. The van der Waals surface area contributed by atoms with Gasteiger partial charge in [-0.1, -0.05) is 17.3 Å². The van der Waals surface area contributed by atoms with E-state index in [1.54, 1.807) is 13.1 Å². The zero-order valence-corrected chi connectivity index (χ0v) is 13.7. The lowest BCUT2D eigenvalue weighted by molar-refractivity contribution is -0.137. The number of anilines is 1. The van der Waals surface area contributed by atoms with Gasteiger partial charge in [0.15, 0.2) is 10.8 Å². The first-order valence-corrected chi connectivity index (χ1v) is 7.98. The normalized spacial score (nSPS) is 11.5. The Balaban J connectivity index is 1.64. The Bertz CT molecular complexity index is 885. The van der Waals surface area contributed by atoms with E-state index in [1.165, 1.54) is 29.5 Å². The fourth-order valence-electron chi connectivity index (χ4n) is 2.09. The number of hydrogen-bond acceptors (Lipinski definition) is 5. The maximum absolute atomic E-state index is 12.6. The summed E-state index contributed by atoms with van der Waals surface area (Å²) in [5.41, 5.74) is 0.190. The highest BCUT2D eigenvalue weighted by molar-refractivity contribution is 7.15. The van der Waals surface area contributed by atoms with Crippen molar-refractivity contribution < 1.29 is 22.5 Å². The van der Waals surface area contributed by atoms with Crippen LogP contribution in [0.25, 0.3) is 0 Å².